The van der Waals surface area contributed by atoms with Gasteiger partial charge in [-0.2, -0.15) is 13.2 Å². The Morgan fingerprint density at radius 3 is 2.50 bits per heavy atom. The zero-order valence-electron chi connectivity index (χ0n) is 14.4. The van der Waals surface area contributed by atoms with Crippen molar-refractivity contribution in [1.29, 1.82) is 0 Å². The minimum absolute atomic E-state index is 0.112. The second kappa shape index (κ2) is 8.41. The van der Waals surface area contributed by atoms with E-state index in [0.29, 0.717) is 17.9 Å². The molecular weight excluding hydrogens is 385 g/mol. The molecular formula is C16H15F3N4O5. The van der Waals surface area contributed by atoms with E-state index in [1.54, 1.807) is 6.92 Å². The smallest absolute Gasteiger partial charge is 0.416 e. The number of carbonyl (C=O) groups excluding carboxylic acids is 2. The molecule has 0 fully saturated rings. The van der Waals surface area contributed by atoms with Gasteiger partial charge in [0, 0.05) is 19.0 Å². The normalized spacial score (nSPS) is 11.0. The van der Waals surface area contributed by atoms with E-state index in [4.69, 9.17) is 4.42 Å². The molecule has 0 aliphatic carbocycles. The number of furan rings is 1. The third-order valence-electron chi connectivity index (χ3n) is 3.61. The molecule has 0 saturated carbocycles. The lowest BCUT2D eigenvalue weighted by Crippen LogP contribution is -2.42. The average Bonchev–Trinajstić information content (AvgIpc) is 3.05. The number of nitro benzene ring substituents is 1. The number of hydrazine groups is 1. The predicted molar refractivity (Wildman–Crippen MR) is 90.3 cm³/mol. The summed E-state index contributed by atoms with van der Waals surface area (Å²) in [5.41, 5.74) is 2.47. The van der Waals surface area contributed by atoms with Gasteiger partial charge in [0.2, 0.25) is 5.91 Å². The van der Waals surface area contributed by atoms with Gasteiger partial charge in [-0.25, -0.2) is 0 Å². The van der Waals surface area contributed by atoms with Crippen molar-refractivity contribution in [3.63, 3.8) is 0 Å². The molecule has 0 atom stereocenters. The van der Waals surface area contributed by atoms with Crippen molar-refractivity contribution in [2.75, 3.05) is 11.9 Å². The lowest BCUT2D eigenvalue weighted by Gasteiger charge is -2.11. The van der Waals surface area contributed by atoms with Crippen molar-refractivity contribution in [2.24, 2.45) is 0 Å². The molecule has 2 rings (SSSR count). The van der Waals surface area contributed by atoms with Crippen molar-refractivity contribution in [2.45, 2.75) is 19.5 Å². The minimum atomic E-state index is -4.71. The van der Waals surface area contributed by atoms with Crippen LogP contribution in [0, 0.1) is 17.0 Å². The molecule has 3 N–H and O–H groups in total. The first-order chi connectivity index (χ1) is 13.1. The second-order valence-corrected chi connectivity index (χ2v) is 5.56. The van der Waals surface area contributed by atoms with Crippen LogP contribution in [0.1, 0.15) is 28.1 Å². The Labute approximate surface area is 156 Å². The fraction of sp³-hybridized carbons (Fsp3) is 0.250. The summed E-state index contributed by atoms with van der Waals surface area (Å²) in [6.07, 6.45) is -3.61. The monoisotopic (exact) mass is 400 g/mol. The first-order valence-electron chi connectivity index (χ1n) is 7.82. The maximum absolute atomic E-state index is 12.7. The molecule has 1 heterocycles. The molecule has 0 aliphatic rings. The molecule has 28 heavy (non-hydrogen) atoms. The van der Waals surface area contributed by atoms with Crippen LogP contribution in [0.25, 0.3) is 0 Å². The molecule has 2 amide bonds. The van der Waals surface area contributed by atoms with E-state index >= 15 is 0 Å². The molecule has 0 saturated heterocycles. The largest absolute Gasteiger partial charge is 0.469 e. The number of anilines is 1. The van der Waals surface area contributed by atoms with Crippen LogP contribution >= 0.6 is 0 Å². The fourth-order valence-corrected chi connectivity index (χ4v) is 2.20. The predicted octanol–water partition coefficient (Wildman–Crippen LogP) is 2.78. The number of amides is 2. The van der Waals surface area contributed by atoms with Crippen LogP contribution in [0.4, 0.5) is 24.5 Å². The van der Waals surface area contributed by atoms with Gasteiger partial charge in [0.15, 0.2) is 0 Å². The van der Waals surface area contributed by atoms with Crippen LogP contribution in [-0.4, -0.2) is 23.3 Å². The lowest BCUT2D eigenvalue weighted by molar-refractivity contribution is -0.384. The van der Waals surface area contributed by atoms with E-state index in [9.17, 15) is 32.9 Å². The number of benzene rings is 1. The van der Waals surface area contributed by atoms with Gasteiger partial charge in [-0.05, 0) is 25.1 Å². The Balaban J connectivity index is 1.88. The standard InChI is InChI=1S/C16H15F3N4O5/c1-9-11(5-7-28-9)15(25)22-21-14(24)4-6-20-12-3-2-10(16(17,18)19)8-13(12)23(26)27/h2-3,5,7-8,20H,4,6H2,1H3,(H,21,24)(H,22,25). The number of nitro groups is 1. The Morgan fingerprint density at radius 1 is 1.21 bits per heavy atom. The summed E-state index contributed by atoms with van der Waals surface area (Å²) in [7, 11) is 0. The van der Waals surface area contributed by atoms with Crippen molar-refractivity contribution in [3.8, 4) is 0 Å². The van der Waals surface area contributed by atoms with Crippen LogP contribution in [0.2, 0.25) is 0 Å². The average molecular weight is 400 g/mol. The molecule has 0 spiro atoms. The van der Waals surface area contributed by atoms with Gasteiger partial charge in [-0.3, -0.25) is 30.6 Å². The van der Waals surface area contributed by atoms with E-state index in [1.807, 2.05) is 0 Å². The van der Waals surface area contributed by atoms with Crippen molar-refractivity contribution in [3.05, 3.63) is 57.5 Å². The Bertz CT molecular complexity index is 895. The lowest BCUT2D eigenvalue weighted by atomic mass is 10.1. The summed E-state index contributed by atoms with van der Waals surface area (Å²) < 4.78 is 42.9. The molecule has 9 nitrogen and oxygen atoms in total. The maximum Gasteiger partial charge on any atom is 0.416 e. The molecule has 1 aromatic carbocycles. The van der Waals surface area contributed by atoms with E-state index in [0.717, 1.165) is 6.07 Å². The maximum atomic E-state index is 12.7. The van der Waals surface area contributed by atoms with Gasteiger partial charge in [-0.15, -0.1) is 0 Å². The van der Waals surface area contributed by atoms with Gasteiger partial charge >= 0.3 is 6.18 Å². The van der Waals surface area contributed by atoms with Crippen LogP contribution in [-0.2, 0) is 11.0 Å². The summed E-state index contributed by atoms with van der Waals surface area (Å²) in [6, 6.07) is 3.45. The molecule has 1 aromatic heterocycles. The zero-order chi connectivity index (χ0) is 20.9. The zero-order valence-corrected chi connectivity index (χ0v) is 14.4. The number of hydrogen-bond donors (Lipinski definition) is 3. The molecule has 0 bridgehead atoms. The number of alkyl halides is 3. The summed E-state index contributed by atoms with van der Waals surface area (Å²) >= 11 is 0. The van der Waals surface area contributed by atoms with Gasteiger partial charge < -0.3 is 9.73 Å². The minimum Gasteiger partial charge on any atom is -0.469 e. The number of aryl methyl sites for hydroxylation is 1. The van der Waals surface area contributed by atoms with Crippen LogP contribution in [0.3, 0.4) is 0 Å². The van der Waals surface area contributed by atoms with Crippen molar-refractivity contribution < 1.29 is 32.1 Å². The topological polar surface area (TPSA) is 127 Å². The molecule has 0 unspecified atom stereocenters. The number of nitrogens with one attached hydrogen (secondary N) is 3. The first-order valence-corrected chi connectivity index (χ1v) is 7.82. The van der Waals surface area contributed by atoms with E-state index in [-0.39, 0.29) is 24.2 Å². The summed E-state index contributed by atoms with van der Waals surface area (Å²) in [5, 5.41) is 13.5. The second-order valence-electron chi connectivity index (χ2n) is 5.56. The number of carbonyl (C=O) groups is 2. The Morgan fingerprint density at radius 2 is 1.93 bits per heavy atom. The van der Waals surface area contributed by atoms with E-state index in [2.05, 4.69) is 16.2 Å². The summed E-state index contributed by atoms with van der Waals surface area (Å²) in [6.45, 7) is 1.45. The number of halogens is 3. The van der Waals surface area contributed by atoms with E-state index < -0.39 is 34.2 Å². The van der Waals surface area contributed by atoms with Crippen molar-refractivity contribution in [1.82, 2.24) is 10.9 Å². The molecule has 150 valence electrons. The Kier molecular flexibility index (Phi) is 6.23. The van der Waals surface area contributed by atoms with E-state index in [1.165, 1.54) is 12.3 Å². The third kappa shape index (κ3) is 5.22. The highest BCUT2D eigenvalue weighted by molar-refractivity contribution is 5.96. The number of hydrogen-bond acceptors (Lipinski definition) is 6. The third-order valence-corrected chi connectivity index (χ3v) is 3.61. The summed E-state index contributed by atoms with van der Waals surface area (Å²) in [4.78, 5) is 33.5. The van der Waals surface area contributed by atoms with Gasteiger partial charge in [0.25, 0.3) is 11.6 Å². The quantitative estimate of drug-likeness (QED) is 0.506. The molecule has 2 aromatic rings. The van der Waals surface area contributed by atoms with Gasteiger partial charge in [0.05, 0.1) is 22.3 Å². The highest BCUT2D eigenvalue weighted by atomic mass is 19.4. The van der Waals surface area contributed by atoms with Gasteiger partial charge in [0.1, 0.15) is 11.4 Å². The van der Waals surface area contributed by atoms with Crippen LogP contribution < -0.4 is 16.2 Å². The highest BCUT2D eigenvalue weighted by Gasteiger charge is 2.33. The molecule has 0 radical (unpaired) electrons. The fourth-order valence-electron chi connectivity index (χ4n) is 2.20. The summed E-state index contributed by atoms with van der Waals surface area (Å²) in [5.74, 6) is -0.842. The SMILES string of the molecule is Cc1occc1C(=O)NNC(=O)CCNc1ccc(C(F)(F)F)cc1[N+](=O)[O-]. The Hall–Kier alpha value is -3.57. The highest BCUT2D eigenvalue weighted by Crippen LogP contribution is 2.34. The number of rotatable bonds is 6. The van der Waals surface area contributed by atoms with Crippen molar-refractivity contribution >= 4 is 23.2 Å². The van der Waals surface area contributed by atoms with Crippen LogP contribution in [0.15, 0.2) is 34.9 Å². The van der Waals surface area contributed by atoms with Gasteiger partial charge in [-0.1, -0.05) is 0 Å². The molecule has 0 aliphatic heterocycles. The number of nitrogens with zero attached hydrogens (tertiary/aromatic N) is 1. The van der Waals surface area contributed by atoms with Crippen LogP contribution in [0.5, 0.6) is 0 Å². The first kappa shape index (κ1) is 20.7. The molecule has 12 heteroatoms.